The number of hydrogen-bond donors (Lipinski definition) is 0. The summed E-state index contributed by atoms with van der Waals surface area (Å²) in [5.74, 6) is 6.61. The van der Waals surface area contributed by atoms with Gasteiger partial charge < -0.3 is 14.4 Å². The Hall–Kier alpha value is -4.77. The number of benzene rings is 3. The second kappa shape index (κ2) is 10.9. The normalized spacial score (nSPS) is 14.6. The molecule has 0 fully saturated rings. The van der Waals surface area contributed by atoms with E-state index >= 15 is 0 Å². The Balaban J connectivity index is 1.41. The molecule has 2 heterocycles. The Morgan fingerprint density at radius 3 is 2.46 bits per heavy atom. The smallest absolute Gasteiger partial charge is 0.416 e. The number of alkyl halides is 3. The zero-order valence-corrected chi connectivity index (χ0v) is 20.9. The number of methoxy groups -OCH3 is 1. The van der Waals surface area contributed by atoms with Gasteiger partial charge in [-0.25, -0.2) is 4.98 Å². The minimum absolute atomic E-state index is 0.220. The van der Waals surface area contributed by atoms with Crippen molar-refractivity contribution in [2.75, 3.05) is 13.7 Å². The standard InChI is InChI=1S/C31H23F3N2O3/c1-38-28-16-10-22(18-21(28)9-13-25-7-4-5-17-35-25)30(37)36-19-23-6-2-3-8-27(23)29(20-36)39-26-14-11-24(12-15-26)31(32,33)34/h2-8,10-12,14-18,29H,19-20H2,1H3. The number of amides is 1. The highest BCUT2D eigenvalue weighted by Crippen LogP contribution is 2.34. The van der Waals surface area contributed by atoms with E-state index in [2.05, 4.69) is 16.8 Å². The molecule has 1 aromatic heterocycles. The Morgan fingerprint density at radius 2 is 1.74 bits per heavy atom. The summed E-state index contributed by atoms with van der Waals surface area (Å²) in [7, 11) is 1.54. The van der Waals surface area contributed by atoms with Crippen molar-refractivity contribution >= 4 is 5.91 Å². The van der Waals surface area contributed by atoms with Gasteiger partial charge in [0.2, 0.25) is 0 Å². The highest BCUT2D eigenvalue weighted by Gasteiger charge is 2.32. The minimum Gasteiger partial charge on any atom is -0.495 e. The number of hydrogen-bond acceptors (Lipinski definition) is 4. The zero-order chi connectivity index (χ0) is 27.4. The molecule has 1 amide bonds. The number of rotatable bonds is 4. The first kappa shape index (κ1) is 25.9. The Morgan fingerprint density at radius 1 is 0.974 bits per heavy atom. The lowest BCUT2D eigenvalue weighted by atomic mass is 9.96. The van der Waals surface area contributed by atoms with Crippen LogP contribution in [-0.4, -0.2) is 29.4 Å². The van der Waals surface area contributed by atoms with Gasteiger partial charge in [-0.2, -0.15) is 13.2 Å². The Labute approximate surface area is 223 Å². The summed E-state index contributed by atoms with van der Waals surface area (Å²) < 4.78 is 50.5. The largest absolute Gasteiger partial charge is 0.495 e. The van der Waals surface area contributed by atoms with Crippen LogP contribution in [0.2, 0.25) is 0 Å². The third-order valence-electron chi connectivity index (χ3n) is 6.33. The lowest BCUT2D eigenvalue weighted by Gasteiger charge is -2.35. The van der Waals surface area contributed by atoms with Crippen LogP contribution >= 0.6 is 0 Å². The van der Waals surface area contributed by atoms with Gasteiger partial charge in [-0.05, 0) is 71.6 Å². The van der Waals surface area contributed by atoms with Crippen LogP contribution in [0.4, 0.5) is 13.2 Å². The molecule has 0 bridgehead atoms. The molecular weight excluding hydrogens is 505 g/mol. The quantitative estimate of drug-likeness (QED) is 0.293. The summed E-state index contributed by atoms with van der Waals surface area (Å²) in [6.45, 7) is 0.584. The Bertz CT molecular complexity index is 1540. The molecular formula is C31H23F3N2O3. The van der Waals surface area contributed by atoms with E-state index in [1.165, 1.54) is 19.2 Å². The van der Waals surface area contributed by atoms with Crippen molar-refractivity contribution in [3.63, 3.8) is 0 Å². The predicted molar refractivity (Wildman–Crippen MR) is 139 cm³/mol. The van der Waals surface area contributed by atoms with Crippen molar-refractivity contribution in [2.45, 2.75) is 18.8 Å². The van der Waals surface area contributed by atoms with Gasteiger partial charge in [-0.1, -0.05) is 36.3 Å². The fourth-order valence-electron chi connectivity index (χ4n) is 4.39. The van der Waals surface area contributed by atoms with E-state index in [0.29, 0.717) is 29.1 Å². The van der Waals surface area contributed by atoms with Crippen LogP contribution in [0.1, 0.15) is 44.4 Å². The van der Waals surface area contributed by atoms with E-state index in [4.69, 9.17) is 9.47 Å². The molecule has 0 N–H and O–H groups in total. The molecule has 0 spiro atoms. The zero-order valence-electron chi connectivity index (χ0n) is 20.9. The third kappa shape index (κ3) is 5.88. The van der Waals surface area contributed by atoms with Gasteiger partial charge in [0, 0.05) is 18.3 Å². The van der Waals surface area contributed by atoms with Crippen LogP contribution in [0, 0.1) is 11.8 Å². The molecule has 0 aliphatic carbocycles. The molecule has 0 saturated heterocycles. The van der Waals surface area contributed by atoms with Crippen molar-refractivity contribution in [3.05, 3.63) is 125 Å². The number of nitrogens with zero attached hydrogens (tertiary/aromatic N) is 2. The maximum atomic E-state index is 13.6. The first-order valence-corrected chi connectivity index (χ1v) is 12.1. The summed E-state index contributed by atoms with van der Waals surface area (Å²) in [6.07, 6.45) is -3.34. The molecule has 5 nitrogen and oxygen atoms in total. The van der Waals surface area contributed by atoms with Gasteiger partial charge in [0.15, 0.2) is 0 Å². The number of pyridine rings is 1. The van der Waals surface area contributed by atoms with Gasteiger partial charge in [0.05, 0.1) is 24.8 Å². The van der Waals surface area contributed by atoms with Gasteiger partial charge >= 0.3 is 6.18 Å². The van der Waals surface area contributed by atoms with Crippen molar-refractivity contribution in [1.29, 1.82) is 0 Å². The van der Waals surface area contributed by atoms with Crippen LogP contribution in [0.15, 0.2) is 91.1 Å². The van der Waals surface area contributed by atoms with Crippen molar-refractivity contribution in [3.8, 4) is 23.3 Å². The average molecular weight is 529 g/mol. The van der Waals surface area contributed by atoms with Crippen LogP contribution in [0.25, 0.3) is 0 Å². The molecule has 196 valence electrons. The molecule has 3 aromatic carbocycles. The average Bonchev–Trinajstić information content (AvgIpc) is 2.96. The fourth-order valence-corrected chi connectivity index (χ4v) is 4.39. The first-order valence-electron chi connectivity index (χ1n) is 12.1. The van der Waals surface area contributed by atoms with E-state index < -0.39 is 17.8 Å². The molecule has 8 heteroatoms. The summed E-state index contributed by atoms with van der Waals surface area (Å²) in [4.78, 5) is 19.5. The van der Waals surface area contributed by atoms with E-state index in [-0.39, 0.29) is 18.2 Å². The van der Waals surface area contributed by atoms with E-state index in [1.807, 2.05) is 30.3 Å². The number of carbonyl (C=O) groups excluding carboxylic acids is 1. The van der Waals surface area contributed by atoms with Crippen LogP contribution in [0.5, 0.6) is 11.5 Å². The lowest BCUT2D eigenvalue weighted by Crippen LogP contribution is -2.40. The van der Waals surface area contributed by atoms with Crippen LogP contribution in [-0.2, 0) is 12.7 Å². The summed E-state index contributed by atoms with van der Waals surface area (Å²) in [6, 6.07) is 22.6. The van der Waals surface area contributed by atoms with E-state index in [1.54, 1.807) is 41.4 Å². The molecule has 1 atom stereocenters. The predicted octanol–water partition coefficient (Wildman–Crippen LogP) is 6.28. The topological polar surface area (TPSA) is 51.7 Å². The number of fused-ring (bicyclic) bond motifs is 1. The Kier molecular flexibility index (Phi) is 7.24. The van der Waals surface area contributed by atoms with Crippen LogP contribution < -0.4 is 9.47 Å². The highest BCUT2D eigenvalue weighted by molar-refractivity contribution is 5.95. The third-order valence-corrected chi connectivity index (χ3v) is 6.33. The molecule has 0 radical (unpaired) electrons. The van der Waals surface area contributed by atoms with Crippen molar-refractivity contribution in [2.24, 2.45) is 0 Å². The summed E-state index contributed by atoms with van der Waals surface area (Å²) in [5, 5.41) is 0. The van der Waals surface area contributed by atoms with Crippen molar-refractivity contribution < 1.29 is 27.4 Å². The van der Waals surface area contributed by atoms with E-state index in [9.17, 15) is 18.0 Å². The molecule has 5 rings (SSSR count). The van der Waals surface area contributed by atoms with Gasteiger partial charge in [-0.3, -0.25) is 4.79 Å². The van der Waals surface area contributed by atoms with Gasteiger partial charge in [-0.15, -0.1) is 0 Å². The van der Waals surface area contributed by atoms with Crippen molar-refractivity contribution in [1.82, 2.24) is 9.88 Å². The number of halogens is 3. The van der Waals surface area contributed by atoms with Gasteiger partial charge in [0.25, 0.3) is 5.91 Å². The molecule has 1 aliphatic heterocycles. The molecule has 39 heavy (non-hydrogen) atoms. The number of aromatic nitrogens is 1. The number of carbonyl (C=O) groups is 1. The molecule has 4 aromatic rings. The minimum atomic E-state index is -4.43. The SMILES string of the molecule is COc1ccc(C(=O)N2Cc3ccccc3C(Oc3ccc(C(F)(F)F)cc3)C2)cc1C#Cc1ccccn1. The van der Waals surface area contributed by atoms with Gasteiger partial charge in [0.1, 0.15) is 23.3 Å². The lowest BCUT2D eigenvalue weighted by molar-refractivity contribution is -0.137. The maximum Gasteiger partial charge on any atom is 0.416 e. The molecule has 0 saturated carbocycles. The summed E-state index contributed by atoms with van der Waals surface area (Å²) >= 11 is 0. The maximum absolute atomic E-state index is 13.6. The first-order chi connectivity index (χ1) is 18.8. The van der Waals surface area contributed by atoms with E-state index in [0.717, 1.165) is 23.3 Å². The monoisotopic (exact) mass is 528 g/mol. The molecule has 1 aliphatic rings. The fraction of sp³-hybridized carbons (Fsp3) is 0.161. The second-order valence-electron chi connectivity index (χ2n) is 8.89. The highest BCUT2D eigenvalue weighted by atomic mass is 19.4. The second-order valence-corrected chi connectivity index (χ2v) is 8.89. The summed E-state index contributed by atoms with van der Waals surface area (Å²) in [5.41, 5.74) is 2.60. The van der Waals surface area contributed by atoms with Crippen LogP contribution in [0.3, 0.4) is 0 Å². The molecule has 1 unspecified atom stereocenters. The number of ether oxygens (including phenoxy) is 2.